The predicted molar refractivity (Wildman–Crippen MR) is 80.5 cm³/mol. The molecular weight excluding hydrogens is 306 g/mol. The minimum absolute atomic E-state index is 0.0423. The maximum Gasteiger partial charge on any atom is 0.366 e. The Hall–Kier alpha value is -2.73. The van der Waals surface area contributed by atoms with Gasteiger partial charge in [0.15, 0.2) is 0 Å². The van der Waals surface area contributed by atoms with Crippen LogP contribution in [0.3, 0.4) is 0 Å². The van der Waals surface area contributed by atoms with Crippen molar-refractivity contribution in [1.82, 2.24) is 13.9 Å². The van der Waals surface area contributed by atoms with Crippen molar-refractivity contribution in [3.8, 4) is 6.07 Å². The van der Waals surface area contributed by atoms with Gasteiger partial charge in [-0.1, -0.05) is 17.7 Å². The average Bonchev–Trinajstić information content (AvgIpc) is 2.38. The number of aromatic nitrogens is 3. The zero-order chi connectivity index (χ0) is 16.9. The first kappa shape index (κ1) is 17.3. The van der Waals surface area contributed by atoms with Gasteiger partial charge in [0.1, 0.15) is 5.82 Å². The van der Waals surface area contributed by atoms with Gasteiger partial charge in [0.2, 0.25) is 5.95 Å². The molecule has 2 aromatic rings. The monoisotopic (exact) mass is 321 g/mol. The molecule has 8 nitrogen and oxygen atoms in total. The molecule has 1 aromatic carbocycles. The molecule has 0 saturated carbocycles. The lowest BCUT2D eigenvalue weighted by Crippen LogP contribution is -2.33. The van der Waals surface area contributed by atoms with Crippen molar-refractivity contribution in [3.63, 3.8) is 0 Å². The van der Waals surface area contributed by atoms with Crippen LogP contribution in [0.5, 0.6) is 0 Å². The summed E-state index contributed by atoms with van der Waals surface area (Å²) in [6.45, 7) is 4.71. The number of hydrogen-bond acceptors (Lipinski definition) is 7. The summed E-state index contributed by atoms with van der Waals surface area (Å²) in [6.07, 6.45) is 0. The smallest absolute Gasteiger partial charge is 0.366 e. The summed E-state index contributed by atoms with van der Waals surface area (Å²) in [5, 5.41) is 7.32. The number of nitrogens with two attached hydrogens (primary N) is 1. The fraction of sp³-hybridized carbons (Fsp3) is 0.231. The predicted octanol–water partition coefficient (Wildman–Crippen LogP) is 0.604. The molecule has 0 aliphatic rings. The van der Waals surface area contributed by atoms with Crippen molar-refractivity contribution in [3.05, 3.63) is 46.1 Å². The van der Waals surface area contributed by atoms with Gasteiger partial charge < -0.3 is 5.73 Å². The topological polar surface area (TPSA) is 132 Å². The van der Waals surface area contributed by atoms with Gasteiger partial charge in [0, 0.05) is 6.92 Å². The number of aryl methyl sites for hydroxylation is 2. The van der Waals surface area contributed by atoms with Gasteiger partial charge in [0.25, 0.3) is 10.0 Å². The van der Waals surface area contributed by atoms with Crippen LogP contribution >= 0.6 is 0 Å². The highest BCUT2D eigenvalue weighted by Gasteiger charge is 2.22. The third-order valence-corrected chi connectivity index (χ3v) is 4.17. The standard InChI is InChI=1S/C11H12N4O3S.C2H3N/c1-7-3-5-9(6-4-7)19(17,18)15-10(12)13-8(2)14-11(15)16;1-2-3/h3-6H,1-2H3,(H2,12,13,14,16);1H3. The Morgan fingerprint density at radius 1 is 1.18 bits per heavy atom. The molecule has 1 heterocycles. The Morgan fingerprint density at radius 2 is 1.68 bits per heavy atom. The van der Waals surface area contributed by atoms with Gasteiger partial charge in [-0.05, 0) is 26.0 Å². The summed E-state index contributed by atoms with van der Waals surface area (Å²) >= 11 is 0. The van der Waals surface area contributed by atoms with Gasteiger partial charge in [-0.15, -0.1) is 3.97 Å². The highest BCUT2D eigenvalue weighted by atomic mass is 32.2. The van der Waals surface area contributed by atoms with Crippen LogP contribution in [0.2, 0.25) is 0 Å². The van der Waals surface area contributed by atoms with Crippen LogP contribution in [0.1, 0.15) is 18.3 Å². The van der Waals surface area contributed by atoms with E-state index in [9.17, 15) is 13.2 Å². The first-order valence-corrected chi connectivity index (χ1v) is 7.54. The van der Waals surface area contributed by atoms with E-state index >= 15 is 0 Å². The lowest BCUT2D eigenvalue weighted by molar-refractivity contribution is 0.583. The van der Waals surface area contributed by atoms with E-state index in [4.69, 9.17) is 11.0 Å². The van der Waals surface area contributed by atoms with Gasteiger partial charge in [-0.3, -0.25) is 0 Å². The molecule has 2 rings (SSSR count). The molecule has 0 fully saturated rings. The van der Waals surface area contributed by atoms with Gasteiger partial charge in [0.05, 0.1) is 11.0 Å². The number of nitrogen functional groups attached to an aromatic ring is 1. The molecule has 0 atom stereocenters. The Kier molecular flexibility index (Phi) is 5.37. The molecule has 2 N–H and O–H groups in total. The van der Waals surface area contributed by atoms with E-state index in [1.54, 1.807) is 18.2 Å². The summed E-state index contributed by atoms with van der Waals surface area (Å²) in [7, 11) is -4.08. The number of rotatable bonds is 2. The van der Waals surface area contributed by atoms with Crippen molar-refractivity contribution in [2.24, 2.45) is 0 Å². The average molecular weight is 321 g/mol. The molecule has 9 heteroatoms. The van der Waals surface area contributed by atoms with Crippen molar-refractivity contribution in [1.29, 1.82) is 5.26 Å². The molecule has 0 aliphatic carbocycles. The van der Waals surface area contributed by atoms with E-state index in [-0.39, 0.29) is 10.7 Å². The minimum atomic E-state index is -4.08. The highest BCUT2D eigenvalue weighted by molar-refractivity contribution is 7.90. The Balaban J connectivity index is 0.000000745. The van der Waals surface area contributed by atoms with Crippen LogP contribution in [0.4, 0.5) is 5.95 Å². The summed E-state index contributed by atoms with van der Waals surface area (Å²) in [6, 6.07) is 7.80. The van der Waals surface area contributed by atoms with Crippen LogP contribution in [-0.2, 0) is 10.0 Å². The zero-order valence-electron chi connectivity index (χ0n) is 12.3. The van der Waals surface area contributed by atoms with E-state index < -0.39 is 21.7 Å². The molecule has 0 radical (unpaired) electrons. The van der Waals surface area contributed by atoms with Crippen LogP contribution in [0.15, 0.2) is 34.0 Å². The molecule has 1 aromatic heterocycles. The summed E-state index contributed by atoms with van der Waals surface area (Å²) in [4.78, 5) is 18.8. The highest BCUT2D eigenvalue weighted by Crippen LogP contribution is 2.14. The maximum atomic E-state index is 12.3. The maximum absolute atomic E-state index is 12.3. The summed E-state index contributed by atoms with van der Waals surface area (Å²) in [5.41, 5.74) is 5.44. The number of nitrogens with zero attached hydrogens (tertiary/aromatic N) is 4. The van der Waals surface area contributed by atoms with Gasteiger partial charge >= 0.3 is 5.69 Å². The molecule has 0 spiro atoms. The number of nitriles is 1. The van der Waals surface area contributed by atoms with Crippen molar-refractivity contribution >= 4 is 16.0 Å². The first-order chi connectivity index (χ1) is 10.2. The minimum Gasteiger partial charge on any atom is -0.368 e. The van der Waals surface area contributed by atoms with Crippen LogP contribution in [0, 0.1) is 25.2 Å². The van der Waals surface area contributed by atoms with Crippen molar-refractivity contribution in [2.75, 3.05) is 5.73 Å². The van der Waals surface area contributed by atoms with E-state index in [1.807, 2.05) is 6.92 Å². The first-order valence-electron chi connectivity index (χ1n) is 6.10. The third-order valence-electron chi connectivity index (χ3n) is 2.47. The molecule has 0 unspecified atom stereocenters. The zero-order valence-corrected chi connectivity index (χ0v) is 13.1. The van der Waals surface area contributed by atoms with Crippen molar-refractivity contribution in [2.45, 2.75) is 25.7 Å². The largest absolute Gasteiger partial charge is 0.368 e. The van der Waals surface area contributed by atoms with Gasteiger partial charge in [-0.25, -0.2) is 13.2 Å². The molecule has 0 bridgehead atoms. The summed E-state index contributed by atoms with van der Waals surface area (Å²) < 4.78 is 25.0. The molecule has 0 saturated heterocycles. The Bertz CT molecular complexity index is 864. The van der Waals surface area contributed by atoms with E-state index in [0.29, 0.717) is 3.97 Å². The lowest BCUT2D eigenvalue weighted by atomic mass is 10.2. The van der Waals surface area contributed by atoms with E-state index in [0.717, 1.165) is 5.56 Å². The second kappa shape index (κ2) is 6.82. The van der Waals surface area contributed by atoms with Crippen LogP contribution < -0.4 is 11.4 Å². The second-order valence-electron chi connectivity index (χ2n) is 4.22. The third kappa shape index (κ3) is 3.67. The lowest BCUT2D eigenvalue weighted by Gasteiger charge is -2.09. The fourth-order valence-corrected chi connectivity index (χ4v) is 2.78. The normalized spacial score (nSPS) is 10.3. The van der Waals surface area contributed by atoms with E-state index in [1.165, 1.54) is 26.0 Å². The van der Waals surface area contributed by atoms with E-state index in [2.05, 4.69) is 9.97 Å². The Labute approximate surface area is 127 Å². The molecule has 0 amide bonds. The molecule has 0 aliphatic heterocycles. The number of benzene rings is 1. The number of hydrogen-bond donors (Lipinski definition) is 1. The van der Waals surface area contributed by atoms with Gasteiger partial charge in [-0.2, -0.15) is 15.2 Å². The summed E-state index contributed by atoms with van der Waals surface area (Å²) in [5.74, 6) is -0.282. The van der Waals surface area contributed by atoms with Crippen molar-refractivity contribution < 1.29 is 8.42 Å². The SMILES string of the molecule is CC#N.Cc1ccc(S(=O)(=O)n2c(N)nc(C)nc2=O)cc1. The number of anilines is 1. The quantitative estimate of drug-likeness (QED) is 0.856. The molecular formula is C13H15N5O3S. The fourth-order valence-electron chi connectivity index (χ4n) is 1.56. The Morgan fingerprint density at radius 3 is 2.14 bits per heavy atom. The molecule has 22 heavy (non-hydrogen) atoms. The van der Waals surface area contributed by atoms with Crippen LogP contribution in [0.25, 0.3) is 0 Å². The molecule has 116 valence electrons. The van der Waals surface area contributed by atoms with Crippen LogP contribution in [-0.4, -0.2) is 22.4 Å². The second-order valence-corrected chi connectivity index (χ2v) is 6.00.